The molecule has 0 amide bonds. The summed E-state index contributed by atoms with van der Waals surface area (Å²) in [5.41, 5.74) is 0. The molecule has 15 heavy (non-hydrogen) atoms. The quantitative estimate of drug-likeness (QED) is 0.260. The summed E-state index contributed by atoms with van der Waals surface area (Å²) in [7, 11) is -5.37. The minimum absolute atomic E-state index is 0.727. The second kappa shape index (κ2) is 5.08. The smallest absolute Gasteiger partial charge is 0.394 e. The molecule has 0 radical (unpaired) electrons. The van der Waals surface area contributed by atoms with Gasteiger partial charge in [0.2, 0.25) is 0 Å². The maximum Gasteiger partial charge on any atom is 0.472 e. The van der Waals surface area contributed by atoms with Crippen LogP contribution in [0.2, 0.25) is 0 Å². The van der Waals surface area contributed by atoms with Crippen molar-refractivity contribution in [2.24, 2.45) is 0 Å². The van der Waals surface area contributed by atoms with Crippen molar-refractivity contribution in [2.45, 2.75) is 18.1 Å². The lowest BCUT2D eigenvalue weighted by Crippen LogP contribution is -2.49. The molecule has 0 saturated carbocycles. The van der Waals surface area contributed by atoms with Gasteiger partial charge in [0.1, 0.15) is 12.2 Å². The summed E-state index contributed by atoms with van der Waals surface area (Å²) in [6.07, 6.45) is -5.46. The van der Waals surface area contributed by atoms with Gasteiger partial charge in [0.25, 0.3) is 0 Å². The summed E-state index contributed by atoms with van der Waals surface area (Å²) in [6, 6.07) is 0. The van der Waals surface area contributed by atoms with Gasteiger partial charge in [-0.1, -0.05) is 0 Å². The molecule has 0 unspecified atom stereocenters. The molecule has 0 fully saturated rings. The number of carbonyl (C=O) groups excluding carboxylic acids is 1. The molecule has 0 aliphatic carbocycles. The van der Waals surface area contributed by atoms with Gasteiger partial charge < -0.3 is 25.1 Å². The van der Waals surface area contributed by atoms with Crippen LogP contribution in [0.4, 0.5) is 4.39 Å². The third kappa shape index (κ3) is 4.31. The first kappa shape index (κ1) is 14.6. The minimum Gasteiger partial charge on any atom is -0.394 e. The Hall–Kier alpha value is -0.410. The van der Waals surface area contributed by atoms with Gasteiger partial charge in [-0.2, -0.15) is 0 Å². The second-order valence-corrected chi connectivity index (χ2v) is 3.76. The van der Waals surface area contributed by atoms with Gasteiger partial charge in [-0.15, -0.1) is 0 Å². The predicted molar refractivity (Wildman–Crippen MR) is 42.1 cm³/mol. The van der Waals surface area contributed by atoms with Crippen LogP contribution in [0.1, 0.15) is 0 Å². The molecular weight excluding hydrogens is 238 g/mol. The van der Waals surface area contributed by atoms with E-state index in [1.165, 1.54) is 0 Å². The summed E-state index contributed by atoms with van der Waals surface area (Å²) in [4.78, 5) is 26.6. The fourth-order valence-corrected chi connectivity index (χ4v) is 1.21. The molecule has 0 aliphatic rings. The Kier molecular flexibility index (Phi) is 4.94. The molecule has 10 heteroatoms. The largest absolute Gasteiger partial charge is 0.472 e. The lowest BCUT2D eigenvalue weighted by Gasteiger charge is -2.27. The van der Waals surface area contributed by atoms with E-state index < -0.39 is 38.8 Å². The average Bonchev–Trinajstić information content (AvgIpc) is 2.12. The first-order valence-electron chi connectivity index (χ1n) is 3.55. The van der Waals surface area contributed by atoms with E-state index in [0.29, 0.717) is 0 Å². The van der Waals surface area contributed by atoms with Gasteiger partial charge in [0.15, 0.2) is 6.29 Å². The van der Waals surface area contributed by atoms with Crippen molar-refractivity contribution < 1.29 is 43.4 Å². The SMILES string of the molecule is O=C[C@](F)(OP(=O)(O)O)[C@H](O)[C@H](O)CO. The van der Waals surface area contributed by atoms with Gasteiger partial charge in [-0.3, -0.25) is 4.79 Å². The van der Waals surface area contributed by atoms with Crippen LogP contribution in [-0.4, -0.2) is 56.1 Å². The molecule has 0 heterocycles. The van der Waals surface area contributed by atoms with Crippen molar-refractivity contribution in [3.8, 4) is 0 Å². The maximum absolute atomic E-state index is 13.2. The Bertz CT molecular complexity index is 266. The number of phosphoric ester groups is 1. The van der Waals surface area contributed by atoms with E-state index in [4.69, 9.17) is 25.1 Å². The highest BCUT2D eigenvalue weighted by atomic mass is 31.2. The number of phosphoric acid groups is 1. The number of rotatable bonds is 6. The van der Waals surface area contributed by atoms with Crippen LogP contribution in [0.15, 0.2) is 0 Å². The van der Waals surface area contributed by atoms with Crippen molar-refractivity contribution in [3.63, 3.8) is 0 Å². The molecule has 0 aromatic heterocycles. The van der Waals surface area contributed by atoms with Crippen molar-refractivity contribution in [1.29, 1.82) is 0 Å². The fraction of sp³-hybridized carbons (Fsp3) is 0.800. The molecule has 8 nitrogen and oxygen atoms in total. The molecule has 5 N–H and O–H groups in total. The van der Waals surface area contributed by atoms with E-state index in [1.54, 1.807) is 0 Å². The molecule has 0 aliphatic heterocycles. The number of halogens is 1. The number of hydrogen-bond acceptors (Lipinski definition) is 6. The predicted octanol–water partition coefficient (Wildman–Crippen LogP) is -2.33. The van der Waals surface area contributed by atoms with Crippen molar-refractivity contribution in [2.75, 3.05) is 6.61 Å². The number of aliphatic hydroxyl groups is 3. The molecule has 0 saturated heterocycles. The summed E-state index contributed by atoms with van der Waals surface area (Å²) in [6.45, 7) is -1.12. The number of alkyl halides is 1. The van der Waals surface area contributed by atoms with Crippen LogP contribution in [0.3, 0.4) is 0 Å². The zero-order valence-electron chi connectivity index (χ0n) is 7.23. The van der Waals surface area contributed by atoms with Crippen molar-refractivity contribution in [1.82, 2.24) is 0 Å². The van der Waals surface area contributed by atoms with Gasteiger partial charge in [-0.05, 0) is 0 Å². The molecule has 0 bridgehead atoms. The molecule has 0 spiro atoms. The standard InChI is InChI=1S/C5H10FO8P/c6-5(2-8,14-15(11,12)13)4(10)3(9)1-7/h2-4,7,9-10H,1H2,(H2,11,12,13)/t3-,4-,5+/m1/s1. The van der Waals surface area contributed by atoms with E-state index >= 15 is 0 Å². The Morgan fingerprint density at radius 3 is 2.20 bits per heavy atom. The van der Waals surface area contributed by atoms with E-state index in [0.717, 1.165) is 0 Å². The first-order chi connectivity index (χ1) is 6.66. The van der Waals surface area contributed by atoms with E-state index in [9.17, 15) is 13.8 Å². The zero-order chi connectivity index (χ0) is 12.3. The van der Waals surface area contributed by atoms with Gasteiger partial charge >= 0.3 is 13.7 Å². The minimum atomic E-state index is -5.37. The van der Waals surface area contributed by atoms with E-state index in [2.05, 4.69) is 4.52 Å². The summed E-state index contributed by atoms with van der Waals surface area (Å²) in [5.74, 6) is -3.79. The highest BCUT2D eigenvalue weighted by Gasteiger charge is 2.48. The lowest BCUT2D eigenvalue weighted by molar-refractivity contribution is -0.189. The normalized spacial score (nSPS) is 20.4. The van der Waals surface area contributed by atoms with Crippen LogP contribution in [0.5, 0.6) is 0 Å². The molecule has 90 valence electrons. The van der Waals surface area contributed by atoms with Crippen LogP contribution in [-0.2, 0) is 13.9 Å². The van der Waals surface area contributed by atoms with Crippen molar-refractivity contribution >= 4 is 14.1 Å². The molecule has 0 rings (SSSR count). The van der Waals surface area contributed by atoms with Gasteiger partial charge in [0.05, 0.1) is 6.61 Å². The Balaban J connectivity index is 4.84. The maximum atomic E-state index is 13.2. The third-order valence-electron chi connectivity index (χ3n) is 1.37. The fourth-order valence-electron chi connectivity index (χ4n) is 0.690. The van der Waals surface area contributed by atoms with Crippen LogP contribution >= 0.6 is 7.82 Å². The first-order valence-corrected chi connectivity index (χ1v) is 5.08. The number of carbonyl (C=O) groups is 1. The number of aldehydes is 1. The van der Waals surface area contributed by atoms with Crippen LogP contribution in [0.25, 0.3) is 0 Å². The number of aliphatic hydroxyl groups excluding tert-OH is 3. The van der Waals surface area contributed by atoms with E-state index in [1.807, 2.05) is 0 Å². The monoisotopic (exact) mass is 248 g/mol. The highest BCUT2D eigenvalue weighted by molar-refractivity contribution is 7.46. The average molecular weight is 248 g/mol. The van der Waals surface area contributed by atoms with Gasteiger partial charge in [-0.25, -0.2) is 13.5 Å². The molecular formula is C5H10FO8P. The molecule has 0 aromatic carbocycles. The summed E-state index contributed by atoms with van der Waals surface area (Å²) >= 11 is 0. The van der Waals surface area contributed by atoms with E-state index in [-0.39, 0.29) is 0 Å². The molecule has 0 aromatic rings. The third-order valence-corrected chi connectivity index (χ3v) is 1.89. The zero-order valence-corrected chi connectivity index (χ0v) is 8.12. The topological polar surface area (TPSA) is 145 Å². The van der Waals surface area contributed by atoms with Crippen LogP contribution < -0.4 is 0 Å². The van der Waals surface area contributed by atoms with Gasteiger partial charge in [0, 0.05) is 0 Å². The molecule has 3 atom stereocenters. The Labute approximate surface area is 83.2 Å². The summed E-state index contributed by atoms with van der Waals surface area (Å²) < 4.78 is 26.9. The second-order valence-electron chi connectivity index (χ2n) is 2.59. The Morgan fingerprint density at radius 1 is 1.47 bits per heavy atom. The highest BCUT2D eigenvalue weighted by Crippen LogP contribution is 2.42. The number of hydrogen-bond donors (Lipinski definition) is 5. The van der Waals surface area contributed by atoms with Crippen LogP contribution in [0, 0.1) is 0 Å². The lowest BCUT2D eigenvalue weighted by atomic mass is 10.1. The summed E-state index contributed by atoms with van der Waals surface area (Å²) in [5, 5.41) is 26.0. The Morgan fingerprint density at radius 2 is 1.93 bits per heavy atom. The van der Waals surface area contributed by atoms with Crippen molar-refractivity contribution in [3.05, 3.63) is 0 Å².